The van der Waals surface area contributed by atoms with Crippen LogP contribution in [0.2, 0.25) is 0 Å². The molecule has 1 heterocycles. The molecule has 0 spiro atoms. The van der Waals surface area contributed by atoms with Gasteiger partial charge in [-0.15, -0.1) is 0 Å². The summed E-state index contributed by atoms with van der Waals surface area (Å²) >= 11 is 0. The minimum Gasteiger partial charge on any atom is -0.497 e. The maximum absolute atomic E-state index is 12.7. The first-order chi connectivity index (χ1) is 14.5. The number of benzene rings is 3. The highest BCUT2D eigenvalue weighted by Gasteiger charge is 2.26. The first-order valence-corrected chi connectivity index (χ1v) is 10.2. The highest BCUT2D eigenvalue weighted by molar-refractivity contribution is 5.96. The Hall–Kier alpha value is -3.34. The molecule has 1 aliphatic rings. The number of nitrogens with zero attached hydrogens (tertiary/aromatic N) is 1. The Balaban J connectivity index is 1.35. The van der Waals surface area contributed by atoms with Crippen LogP contribution in [0, 0.1) is 5.92 Å². The summed E-state index contributed by atoms with van der Waals surface area (Å²) in [7, 11) is 3.47. The maximum Gasteiger partial charge on any atom is 0.227 e. The van der Waals surface area contributed by atoms with Gasteiger partial charge in [0.25, 0.3) is 0 Å². The third kappa shape index (κ3) is 4.30. The fourth-order valence-corrected chi connectivity index (χ4v) is 4.00. The van der Waals surface area contributed by atoms with Crippen LogP contribution < -0.4 is 10.1 Å². The predicted molar refractivity (Wildman–Crippen MR) is 118 cm³/mol. The van der Waals surface area contributed by atoms with E-state index >= 15 is 0 Å². The molecule has 5 heteroatoms. The summed E-state index contributed by atoms with van der Waals surface area (Å²) < 4.78 is 5.27. The highest BCUT2D eigenvalue weighted by Crippen LogP contribution is 2.28. The van der Waals surface area contributed by atoms with Crippen molar-refractivity contribution in [3.63, 3.8) is 0 Å². The summed E-state index contributed by atoms with van der Waals surface area (Å²) in [6, 6.07) is 20.0. The number of carbonyl (C=O) groups is 2. The van der Waals surface area contributed by atoms with E-state index in [1.165, 1.54) is 0 Å². The minimum atomic E-state index is -0.159. The Kier molecular flexibility index (Phi) is 5.70. The van der Waals surface area contributed by atoms with Gasteiger partial charge in [0.2, 0.25) is 11.8 Å². The van der Waals surface area contributed by atoms with Crippen LogP contribution in [0.15, 0.2) is 60.7 Å². The zero-order valence-corrected chi connectivity index (χ0v) is 17.4. The van der Waals surface area contributed by atoms with E-state index in [-0.39, 0.29) is 17.7 Å². The number of amides is 2. The monoisotopic (exact) mass is 402 g/mol. The summed E-state index contributed by atoms with van der Waals surface area (Å²) in [6.07, 6.45) is 1.61. The van der Waals surface area contributed by atoms with E-state index < -0.39 is 0 Å². The van der Waals surface area contributed by atoms with Gasteiger partial charge < -0.3 is 15.0 Å². The van der Waals surface area contributed by atoms with E-state index in [0.717, 1.165) is 33.3 Å². The summed E-state index contributed by atoms with van der Waals surface area (Å²) in [5.74, 6) is 0.732. The van der Waals surface area contributed by atoms with Crippen LogP contribution >= 0.6 is 0 Å². The van der Waals surface area contributed by atoms with Crippen LogP contribution in [0.5, 0.6) is 5.75 Å². The molecule has 3 aromatic rings. The van der Waals surface area contributed by atoms with Crippen molar-refractivity contribution in [2.45, 2.75) is 25.8 Å². The molecule has 1 N–H and O–H groups in total. The van der Waals surface area contributed by atoms with Crippen molar-refractivity contribution in [2.24, 2.45) is 5.92 Å². The Bertz CT molecular complexity index is 1090. The lowest BCUT2D eigenvalue weighted by Gasteiger charge is -2.25. The first kappa shape index (κ1) is 20.0. The Labute approximate surface area is 176 Å². The van der Waals surface area contributed by atoms with Gasteiger partial charge in [0.15, 0.2) is 0 Å². The van der Waals surface area contributed by atoms with Crippen molar-refractivity contribution in [2.75, 3.05) is 19.5 Å². The number of rotatable bonds is 6. The van der Waals surface area contributed by atoms with Gasteiger partial charge in [-0.25, -0.2) is 0 Å². The van der Waals surface area contributed by atoms with Gasteiger partial charge >= 0.3 is 0 Å². The number of anilines is 1. The summed E-state index contributed by atoms with van der Waals surface area (Å²) in [6.45, 7) is 0.542. The molecule has 0 radical (unpaired) electrons. The molecule has 154 valence electrons. The van der Waals surface area contributed by atoms with E-state index in [1.54, 1.807) is 12.0 Å². The van der Waals surface area contributed by atoms with Crippen molar-refractivity contribution in [3.05, 3.63) is 71.8 Å². The van der Waals surface area contributed by atoms with Crippen LogP contribution in [0.25, 0.3) is 10.8 Å². The summed E-state index contributed by atoms with van der Waals surface area (Å²) in [5, 5.41) is 5.18. The number of hydrogen-bond donors (Lipinski definition) is 1. The lowest BCUT2D eigenvalue weighted by atomic mass is 9.89. The Morgan fingerprint density at radius 3 is 2.70 bits per heavy atom. The van der Waals surface area contributed by atoms with Crippen LogP contribution in [-0.4, -0.2) is 30.9 Å². The van der Waals surface area contributed by atoms with Gasteiger partial charge in [0.05, 0.1) is 7.11 Å². The predicted octanol–water partition coefficient (Wildman–Crippen LogP) is 4.40. The van der Waals surface area contributed by atoms with E-state index in [0.29, 0.717) is 25.8 Å². The van der Waals surface area contributed by atoms with Gasteiger partial charge in [-0.05, 0) is 59.0 Å². The topological polar surface area (TPSA) is 58.6 Å². The van der Waals surface area contributed by atoms with Gasteiger partial charge in [0, 0.05) is 31.6 Å². The van der Waals surface area contributed by atoms with E-state index in [2.05, 4.69) is 17.4 Å². The van der Waals surface area contributed by atoms with Crippen LogP contribution in [0.3, 0.4) is 0 Å². The van der Waals surface area contributed by atoms with Gasteiger partial charge in [-0.3, -0.25) is 9.59 Å². The molecule has 5 nitrogen and oxygen atoms in total. The molecule has 0 bridgehead atoms. The van der Waals surface area contributed by atoms with Crippen molar-refractivity contribution < 1.29 is 14.3 Å². The van der Waals surface area contributed by atoms with Crippen molar-refractivity contribution >= 4 is 28.3 Å². The molecule has 1 unspecified atom stereocenters. The first-order valence-electron chi connectivity index (χ1n) is 10.2. The number of carbonyl (C=O) groups excluding carboxylic acids is 2. The van der Waals surface area contributed by atoms with E-state index in [4.69, 9.17) is 4.74 Å². The Morgan fingerprint density at radius 1 is 1.10 bits per heavy atom. The van der Waals surface area contributed by atoms with Crippen LogP contribution in [0.4, 0.5) is 5.69 Å². The van der Waals surface area contributed by atoms with Crippen LogP contribution in [-0.2, 0) is 22.6 Å². The molecule has 2 amide bonds. The standard InChI is InChI=1S/C25H26N2O3/c1-27(16-17-7-8-19-15-22(30-2)11-9-18(19)13-17)24(28)12-10-21-14-20-5-3-4-6-23(20)26-25(21)29/h3-9,11,13,15,21H,10,12,14,16H2,1-2H3,(H,26,29). The Morgan fingerprint density at radius 2 is 1.87 bits per heavy atom. The molecule has 4 rings (SSSR count). The van der Waals surface area contributed by atoms with E-state index in [1.807, 2.05) is 55.6 Å². The molecule has 0 saturated carbocycles. The zero-order valence-electron chi connectivity index (χ0n) is 17.4. The highest BCUT2D eigenvalue weighted by atomic mass is 16.5. The fourth-order valence-electron chi connectivity index (χ4n) is 4.00. The van der Waals surface area contributed by atoms with Crippen LogP contribution in [0.1, 0.15) is 24.0 Å². The second kappa shape index (κ2) is 8.57. The number of methoxy groups -OCH3 is 1. The van der Waals surface area contributed by atoms with Gasteiger partial charge in [-0.1, -0.05) is 36.4 Å². The molecule has 0 fully saturated rings. The average Bonchev–Trinajstić information content (AvgIpc) is 2.77. The smallest absolute Gasteiger partial charge is 0.227 e. The molecule has 1 aliphatic heterocycles. The molecular formula is C25H26N2O3. The number of para-hydroxylation sites is 1. The molecule has 1 atom stereocenters. The SMILES string of the molecule is COc1ccc2cc(CN(C)C(=O)CCC3Cc4ccccc4NC3=O)ccc2c1. The quantitative estimate of drug-likeness (QED) is 0.665. The molecular weight excluding hydrogens is 376 g/mol. The third-order valence-electron chi connectivity index (χ3n) is 5.78. The van der Waals surface area contributed by atoms with Crippen molar-refractivity contribution in [3.8, 4) is 5.75 Å². The van der Waals surface area contributed by atoms with E-state index in [9.17, 15) is 9.59 Å². The molecule has 30 heavy (non-hydrogen) atoms. The lowest BCUT2D eigenvalue weighted by Crippen LogP contribution is -2.32. The summed E-state index contributed by atoms with van der Waals surface area (Å²) in [5.41, 5.74) is 3.10. The second-order valence-electron chi connectivity index (χ2n) is 7.88. The molecule has 0 aromatic heterocycles. The minimum absolute atomic E-state index is 0.00844. The maximum atomic E-state index is 12.7. The number of fused-ring (bicyclic) bond motifs is 2. The lowest BCUT2D eigenvalue weighted by molar-refractivity contribution is -0.131. The molecule has 0 aliphatic carbocycles. The average molecular weight is 402 g/mol. The number of ether oxygens (including phenoxy) is 1. The van der Waals surface area contributed by atoms with Crippen molar-refractivity contribution in [1.29, 1.82) is 0 Å². The van der Waals surface area contributed by atoms with Crippen molar-refractivity contribution in [1.82, 2.24) is 4.90 Å². The number of nitrogens with one attached hydrogen (secondary N) is 1. The molecule has 0 saturated heterocycles. The zero-order chi connectivity index (χ0) is 21.1. The largest absolute Gasteiger partial charge is 0.497 e. The summed E-state index contributed by atoms with van der Waals surface area (Å²) in [4.78, 5) is 26.8. The third-order valence-corrected chi connectivity index (χ3v) is 5.78. The fraction of sp³-hybridized carbons (Fsp3) is 0.280. The molecule has 3 aromatic carbocycles. The second-order valence-corrected chi connectivity index (χ2v) is 7.88. The van der Waals surface area contributed by atoms with Gasteiger partial charge in [-0.2, -0.15) is 0 Å². The normalized spacial score (nSPS) is 15.4. The van der Waals surface area contributed by atoms with Gasteiger partial charge in [0.1, 0.15) is 5.75 Å². The number of hydrogen-bond acceptors (Lipinski definition) is 3.